The molecule has 0 spiro atoms. The molecule has 0 amide bonds. The van der Waals surface area contributed by atoms with Crippen molar-refractivity contribution in [1.82, 2.24) is 0 Å². The van der Waals surface area contributed by atoms with Gasteiger partial charge in [0.15, 0.2) is 0 Å². The number of hydrogen-bond donors (Lipinski definition) is 0. The van der Waals surface area contributed by atoms with E-state index in [4.69, 9.17) is 0 Å². The molecule has 0 heterocycles. The van der Waals surface area contributed by atoms with E-state index in [2.05, 4.69) is 166 Å². The topological polar surface area (TPSA) is 0 Å². The molecule has 0 fully saturated rings. The van der Waals surface area contributed by atoms with Crippen LogP contribution < -0.4 is 35.3 Å². The van der Waals surface area contributed by atoms with Gasteiger partial charge in [-0.25, -0.2) is 0 Å². The zero-order chi connectivity index (χ0) is 31.6. The van der Waals surface area contributed by atoms with E-state index in [0.717, 1.165) is 6.42 Å². The van der Waals surface area contributed by atoms with Gasteiger partial charge in [0.1, 0.15) is 0 Å². The molecule has 0 saturated heterocycles. The summed E-state index contributed by atoms with van der Waals surface area (Å²) in [5.74, 6) is 0. The van der Waals surface area contributed by atoms with E-state index >= 15 is 0 Å². The Morgan fingerprint density at radius 3 is 1.66 bits per heavy atom. The quantitative estimate of drug-likeness (QED) is 0.242. The maximum atomic E-state index is 4.00. The molecule has 0 bridgehead atoms. The molecule has 0 unspecified atom stereocenters. The Balaban J connectivity index is 0.00000200. The van der Waals surface area contributed by atoms with Crippen LogP contribution in [-0.4, -0.2) is 0 Å². The zero-order valence-electron chi connectivity index (χ0n) is 29.6. The third-order valence-corrected chi connectivity index (χ3v) is 9.41. The first-order chi connectivity index (χ1) is 20.6. The van der Waals surface area contributed by atoms with E-state index in [1.165, 1.54) is 77.2 Å². The molecule has 6 rings (SSSR count). The largest absolute Gasteiger partial charge is 3.00 e. The molecule has 0 N–H and O–H groups in total. The van der Waals surface area contributed by atoms with E-state index in [-0.39, 0.29) is 67.3 Å². The van der Waals surface area contributed by atoms with Crippen LogP contribution in [0.1, 0.15) is 109 Å². The smallest absolute Gasteiger partial charge is 1.00 e. The number of hydrogen-bond acceptors (Lipinski definition) is 0. The third kappa shape index (κ3) is 7.44. The second-order valence-electron chi connectivity index (χ2n) is 15.8. The van der Waals surface area contributed by atoms with Crippen LogP contribution in [0.5, 0.6) is 0 Å². The van der Waals surface area contributed by atoms with Crippen LogP contribution in [0.2, 0.25) is 0 Å². The molecule has 0 nitrogen and oxygen atoms in total. The van der Waals surface area contributed by atoms with E-state index in [0.29, 0.717) is 0 Å². The molecule has 3 heteroatoms. The first-order valence-corrected chi connectivity index (χ1v) is 16.2. The first kappa shape index (κ1) is 39.0. The number of fused-ring (bicyclic) bond motifs is 3. The average Bonchev–Trinajstić information content (AvgIpc) is 3.53. The van der Waals surface area contributed by atoms with Crippen molar-refractivity contribution in [3.8, 4) is 11.1 Å². The Morgan fingerprint density at radius 2 is 1.19 bits per heavy atom. The van der Waals surface area contributed by atoms with Crippen molar-refractivity contribution >= 4 is 17.2 Å². The second kappa shape index (κ2) is 14.2. The summed E-state index contributed by atoms with van der Waals surface area (Å²) in [4.78, 5) is 0. The predicted octanol–water partition coefficient (Wildman–Crippen LogP) is 4.37. The molecule has 4 aromatic rings. The van der Waals surface area contributed by atoms with Gasteiger partial charge < -0.3 is 24.8 Å². The molecule has 0 aliphatic heterocycles. The Kier molecular flexibility index (Phi) is 11.8. The summed E-state index contributed by atoms with van der Waals surface area (Å²) in [7, 11) is 0. The van der Waals surface area contributed by atoms with Gasteiger partial charge in [-0.3, -0.25) is 0 Å². The number of rotatable bonds is 3. The van der Waals surface area contributed by atoms with Crippen LogP contribution in [0.4, 0.5) is 0 Å². The molecule has 0 saturated carbocycles. The van der Waals surface area contributed by atoms with Gasteiger partial charge in [0.05, 0.1) is 0 Å². The van der Waals surface area contributed by atoms with E-state index in [1.54, 1.807) is 0 Å². The molecule has 47 heavy (non-hydrogen) atoms. The van der Waals surface area contributed by atoms with Gasteiger partial charge >= 0.3 is 26.2 Å². The van der Waals surface area contributed by atoms with E-state index in [1.807, 2.05) is 0 Å². The van der Waals surface area contributed by atoms with Gasteiger partial charge in [0.2, 0.25) is 0 Å². The van der Waals surface area contributed by atoms with Crippen molar-refractivity contribution in [2.45, 2.75) is 86.5 Å². The van der Waals surface area contributed by atoms with Crippen molar-refractivity contribution in [2.24, 2.45) is 5.41 Å². The van der Waals surface area contributed by atoms with Crippen LogP contribution in [0, 0.1) is 5.41 Å². The Labute approximate surface area is 315 Å². The Bertz CT molecular complexity index is 1920. The van der Waals surface area contributed by atoms with Crippen LogP contribution in [-0.2, 0) is 37.0 Å². The summed E-state index contributed by atoms with van der Waals surface area (Å²) in [5.41, 5.74) is 16.2. The molecule has 0 atom stereocenters. The fourth-order valence-corrected chi connectivity index (χ4v) is 6.97. The number of allylic oxidation sites excluding steroid dienone is 4. The zero-order valence-corrected chi connectivity index (χ0v) is 33.6. The monoisotopic (exact) mass is 735 g/mol. The second-order valence-corrected chi connectivity index (χ2v) is 15.8. The standard InChI is InChI=1S/C44H47.2ClH.Zr/c1-28-23-33(43(5,6)7)26-35(28)40-37-25-31-24-32(42(2,3)4)21-22-34(31)36(37)27-38(41(40)44(8,9)10)39(29-17-13-11-14-18-29)30-19-15-12-16-20-30;;;/h11-24,27H,26H2,1-10H3;2*1H;/q-1;;;+3/p-2. The average molecular weight is 738 g/mol. The molecule has 1 radical (unpaired) electrons. The molecule has 4 aromatic carbocycles. The fourth-order valence-electron chi connectivity index (χ4n) is 6.97. The number of halogens is 2. The summed E-state index contributed by atoms with van der Waals surface area (Å²) in [6.45, 7) is 23.4. The van der Waals surface area contributed by atoms with Gasteiger partial charge in [0, 0.05) is 0 Å². The molecule has 0 aromatic heterocycles. The minimum atomic E-state index is -0.112. The third-order valence-electron chi connectivity index (χ3n) is 9.41. The van der Waals surface area contributed by atoms with Crippen LogP contribution in [0.3, 0.4) is 0 Å². The van der Waals surface area contributed by atoms with Gasteiger partial charge in [-0.2, -0.15) is 0 Å². The fraction of sp³-hybridized carbons (Fsp3) is 0.318. The maximum absolute atomic E-state index is 4.00. The SMILES string of the molecule is CC1=C(c2c(C(C)(C)C)c(=C(c3ccccc3)c3ccccc3)cc3c2=[C-]c2cc(C(C)(C)C)ccc2-3)CC(C(C)(C)C)=C1.[Cl-].[Cl-].[Zr+3]. The summed E-state index contributed by atoms with van der Waals surface area (Å²) in [5, 5.41) is 2.58. The van der Waals surface area contributed by atoms with Crippen molar-refractivity contribution in [1.29, 1.82) is 0 Å². The van der Waals surface area contributed by atoms with Crippen molar-refractivity contribution < 1.29 is 51.0 Å². The predicted molar refractivity (Wildman–Crippen MR) is 190 cm³/mol. The van der Waals surface area contributed by atoms with Gasteiger partial charge in [-0.1, -0.05) is 181 Å². The van der Waals surface area contributed by atoms with Gasteiger partial charge in [-0.05, 0) is 51.5 Å². The minimum absolute atomic E-state index is 0. The Hall–Kier alpha value is -2.44. The van der Waals surface area contributed by atoms with E-state index < -0.39 is 0 Å². The van der Waals surface area contributed by atoms with E-state index in [9.17, 15) is 0 Å². The molecular formula is C44H47Cl2Zr. The van der Waals surface area contributed by atoms with Crippen LogP contribution >= 0.6 is 0 Å². The maximum Gasteiger partial charge on any atom is 3.00 e. The molecule has 2 aliphatic rings. The van der Waals surface area contributed by atoms with Crippen molar-refractivity contribution in [3.05, 3.63) is 146 Å². The molecule has 241 valence electrons. The molecular weight excluding hydrogens is 691 g/mol. The van der Waals surface area contributed by atoms with Gasteiger partial charge in [0.25, 0.3) is 0 Å². The number of benzene rings is 4. The van der Waals surface area contributed by atoms with Crippen LogP contribution in [0.25, 0.3) is 28.3 Å². The molecule has 2 aliphatic carbocycles. The normalized spacial score (nSPS) is 13.8. The van der Waals surface area contributed by atoms with Crippen LogP contribution in [0.15, 0.2) is 102 Å². The summed E-state index contributed by atoms with van der Waals surface area (Å²) < 4.78 is 0. The summed E-state index contributed by atoms with van der Waals surface area (Å²) in [6, 6.07) is 31.5. The van der Waals surface area contributed by atoms with Crippen molar-refractivity contribution in [3.63, 3.8) is 0 Å². The van der Waals surface area contributed by atoms with Gasteiger partial charge in [-0.15, -0.1) is 34.1 Å². The minimum Gasteiger partial charge on any atom is -1.00 e. The summed E-state index contributed by atoms with van der Waals surface area (Å²) in [6.07, 6.45) is 7.44. The summed E-state index contributed by atoms with van der Waals surface area (Å²) >= 11 is 0. The van der Waals surface area contributed by atoms with Crippen molar-refractivity contribution in [2.75, 3.05) is 0 Å². The Morgan fingerprint density at radius 1 is 0.638 bits per heavy atom. The first-order valence-electron chi connectivity index (χ1n) is 16.2.